The molecule has 0 atom stereocenters. The second kappa shape index (κ2) is 7.49. The fraction of sp³-hybridized carbons (Fsp3) is 0.455. The molecule has 0 bridgehead atoms. The average Bonchev–Trinajstić information content (AvgIpc) is 2.83. The number of ether oxygens (including phenoxy) is 1. The minimum Gasteiger partial charge on any atom is -0.486 e. The first-order valence-corrected chi connectivity index (χ1v) is 9.56. The van der Waals surface area contributed by atoms with Crippen molar-refractivity contribution in [3.05, 3.63) is 59.2 Å². The molecule has 1 aliphatic heterocycles. The number of rotatable bonds is 5. The Kier molecular flexibility index (Phi) is 5.56. The average molecular weight is 388 g/mol. The molecule has 150 valence electrons. The first kappa shape index (κ1) is 20.8. The van der Waals surface area contributed by atoms with Crippen LogP contribution in [0.3, 0.4) is 0 Å². The molecule has 3 nitrogen and oxygen atoms in total. The molecule has 2 aromatic rings. The molecule has 0 radical (unpaired) electrons. The summed E-state index contributed by atoms with van der Waals surface area (Å²) in [7, 11) is -0.961. The zero-order chi connectivity index (χ0) is 20.7. The summed E-state index contributed by atoms with van der Waals surface area (Å²) in [6.07, 6.45) is 0. The molecule has 1 fully saturated rings. The minimum atomic E-state index is -0.961. The highest BCUT2D eigenvalue weighted by Gasteiger charge is 2.52. The number of hydrogen-bond acceptors (Lipinski definition) is 3. The third-order valence-corrected chi connectivity index (χ3v) is 5.60. The summed E-state index contributed by atoms with van der Waals surface area (Å²) in [6.45, 7) is 11.8. The number of hydrogen-bond donors (Lipinski definition) is 0. The molecule has 0 N–H and O–H groups in total. The van der Waals surface area contributed by atoms with Crippen molar-refractivity contribution in [1.82, 2.24) is 0 Å². The normalized spacial score (nSPS) is 18.0. The number of halogens is 2. The van der Waals surface area contributed by atoms with Crippen LogP contribution in [0.2, 0.25) is 0 Å². The van der Waals surface area contributed by atoms with Gasteiger partial charge in [0.15, 0.2) is 11.6 Å². The second-order valence-corrected chi connectivity index (χ2v) is 8.58. The van der Waals surface area contributed by atoms with E-state index in [0.29, 0.717) is 5.92 Å². The van der Waals surface area contributed by atoms with E-state index in [1.807, 2.05) is 52.0 Å². The van der Waals surface area contributed by atoms with Crippen LogP contribution in [-0.2, 0) is 15.9 Å². The lowest BCUT2D eigenvalue weighted by Crippen LogP contribution is -2.41. The minimum absolute atomic E-state index is 0.0322. The van der Waals surface area contributed by atoms with Gasteiger partial charge in [-0.25, -0.2) is 8.78 Å². The van der Waals surface area contributed by atoms with Gasteiger partial charge in [0.1, 0.15) is 12.4 Å². The van der Waals surface area contributed by atoms with E-state index in [4.69, 9.17) is 14.0 Å². The molecule has 0 aliphatic carbocycles. The molecule has 1 heterocycles. The van der Waals surface area contributed by atoms with E-state index in [2.05, 4.69) is 13.8 Å². The molecule has 1 aliphatic rings. The third kappa shape index (κ3) is 4.08. The predicted octanol–water partition coefficient (Wildman–Crippen LogP) is 4.97. The fourth-order valence-electron chi connectivity index (χ4n) is 2.97. The maximum atomic E-state index is 14.6. The molecule has 2 aromatic carbocycles. The van der Waals surface area contributed by atoms with E-state index in [9.17, 15) is 8.78 Å². The van der Waals surface area contributed by atoms with Gasteiger partial charge in [0, 0.05) is 11.5 Å². The maximum absolute atomic E-state index is 14.6. The van der Waals surface area contributed by atoms with Gasteiger partial charge in [-0.2, -0.15) is 0 Å². The molecule has 3 rings (SSSR count). The molecule has 6 heteroatoms. The van der Waals surface area contributed by atoms with Crippen molar-refractivity contribution >= 4 is 12.6 Å². The summed E-state index contributed by atoms with van der Waals surface area (Å²) in [6, 6.07) is 10.0. The van der Waals surface area contributed by atoms with E-state index in [-0.39, 0.29) is 17.8 Å². The lowest BCUT2D eigenvalue weighted by atomic mass is 9.78. The zero-order valence-corrected chi connectivity index (χ0v) is 17.3. The largest absolute Gasteiger partial charge is 0.497 e. The van der Waals surface area contributed by atoms with E-state index in [0.717, 1.165) is 17.7 Å². The van der Waals surface area contributed by atoms with E-state index in [1.54, 1.807) is 0 Å². The Morgan fingerprint density at radius 2 is 1.50 bits per heavy atom. The second-order valence-electron chi connectivity index (χ2n) is 8.58. The summed E-state index contributed by atoms with van der Waals surface area (Å²) >= 11 is 0. The summed E-state index contributed by atoms with van der Waals surface area (Å²) in [5.41, 5.74) is 0.882. The summed E-state index contributed by atoms with van der Waals surface area (Å²) in [5.74, 6) is -0.968. The molecule has 1 saturated heterocycles. The van der Waals surface area contributed by atoms with Crippen LogP contribution in [0.4, 0.5) is 8.78 Å². The van der Waals surface area contributed by atoms with Crippen LogP contribution >= 0.6 is 0 Å². The lowest BCUT2D eigenvalue weighted by Gasteiger charge is -2.32. The van der Waals surface area contributed by atoms with Crippen molar-refractivity contribution < 1.29 is 22.8 Å². The van der Waals surface area contributed by atoms with E-state index < -0.39 is 30.0 Å². The maximum Gasteiger partial charge on any atom is 0.497 e. The molecular weight excluding hydrogens is 361 g/mol. The Hall–Kier alpha value is -1.92. The molecule has 28 heavy (non-hydrogen) atoms. The lowest BCUT2D eigenvalue weighted by molar-refractivity contribution is 0.00578. The molecule has 0 saturated carbocycles. The highest BCUT2D eigenvalue weighted by Crippen LogP contribution is 2.37. The van der Waals surface area contributed by atoms with Crippen molar-refractivity contribution in [2.24, 2.45) is 0 Å². The van der Waals surface area contributed by atoms with E-state index in [1.165, 1.54) is 5.56 Å². The Balaban J connectivity index is 1.74. The van der Waals surface area contributed by atoms with Gasteiger partial charge in [-0.1, -0.05) is 38.1 Å². The Morgan fingerprint density at radius 1 is 0.929 bits per heavy atom. The topological polar surface area (TPSA) is 27.7 Å². The van der Waals surface area contributed by atoms with Gasteiger partial charge in [-0.05, 0) is 50.8 Å². The van der Waals surface area contributed by atoms with Gasteiger partial charge in [0.05, 0.1) is 11.2 Å². The fourth-order valence-corrected chi connectivity index (χ4v) is 2.97. The Bertz CT molecular complexity index is 832. The van der Waals surface area contributed by atoms with Crippen LogP contribution in [0.1, 0.15) is 58.6 Å². The van der Waals surface area contributed by atoms with Crippen molar-refractivity contribution in [1.29, 1.82) is 0 Å². The molecular formula is C22H27BF2O3. The van der Waals surface area contributed by atoms with Gasteiger partial charge in [-0.3, -0.25) is 0 Å². The quantitative estimate of drug-likeness (QED) is 0.678. The van der Waals surface area contributed by atoms with Gasteiger partial charge in [0.2, 0.25) is 0 Å². The van der Waals surface area contributed by atoms with Gasteiger partial charge < -0.3 is 14.0 Å². The van der Waals surface area contributed by atoms with Gasteiger partial charge in [0.25, 0.3) is 0 Å². The van der Waals surface area contributed by atoms with Crippen molar-refractivity contribution in [3.63, 3.8) is 0 Å². The molecule has 0 unspecified atom stereocenters. The zero-order valence-electron chi connectivity index (χ0n) is 17.3. The first-order valence-electron chi connectivity index (χ1n) is 9.56. The van der Waals surface area contributed by atoms with Crippen molar-refractivity contribution in [3.8, 4) is 5.75 Å². The third-order valence-electron chi connectivity index (χ3n) is 5.60. The number of benzene rings is 2. The Morgan fingerprint density at radius 3 is 2.04 bits per heavy atom. The summed E-state index contributed by atoms with van der Waals surface area (Å²) in [5, 5.41) is 0. The molecule has 0 amide bonds. The summed E-state index contributed by atoms with van der Waals surface area (Å²) in [4.78, 5) is 0. The molecule has 0 aromatic heterocycles. The van der Waals surface area contributed by atoms with Crippen LogP contribution in [0.5, 0.6) is 5.75 Å². The predicted molar refractivity (Wildman–Crippen MR) is 107 cm³/mol. The van der Waals surface area contributed by atoms with Crippen LogP contribution in [0.15, 0.2) is 36.4 Å². The van der Waals surface area contributed by atoms with Crippen molar-refractivity contribution in [2.75, 3.05) is 0 Å². The first-order chi connectivity index (χ1) is 13.0. The Labute approximate surface area is 166 Å². The monoisotopic (exact) mass is 388 g/mol. The van der Waals surface area contributed by atoms with Crippen LogP contribution in [0.25, 0.3) is 0 Å². The highest BCUT2D eigenvalue weighted by atomic mass is 19.1. The highest BCUT2D eigenvalue weighted by molar-refractivity contribution is 6.62. The smallest absolute Gasteiger partial charge is 0.486 e. The van der Waals surface area contributed by atoms with Crippen LogP contribution in [-0.4, -0.2) is 18.3 Å². The standard InChI is InChI=1S/C22H27BF2O3/c1-14(2)16-9-7-15(8-10-16)13-26-20-12-18(24)17(11-19(20)25)23-27-21(3,4)22(5,6)28-23/h7-12,14H,13H2,1-6H3. The molecule has 0 spiro atoms. The van der Waals surface area contributed by atoms with Gasteiger partial charge >= 0.3 is 7.12 Å². The van der Waals surface area contributed by atoms with Gasteiger partial charge in [-0.15, -0.1) is 0 Å². The van der Waals surface area contributed by atoms with Crippen LogP contribution in [0, 0.1) is 11.6 Å². The van der Waals surface area contributed by atoms with Crippen LogP contribution < -0.4 is 10.2 Å². The summed E-state index contributed by atoms with van der Waals surface area (Å²) < 4.78 is 46.3. The van der Waals surface area contributed by atoms with Crippen molar-refractivity contribution in [2.45, 2.75) is 65.3 Å². The van der Waals surface area contributed by atoms with E-state index >= 15 is 0 Å². The SMILES string of the molecule is CC(C)c1ccc(COc2cc(F)c(B3OC(C)(C)C(C)(C)O3)cc2F)cc1.